The van der Waals surface area contributed by atoms with Gasteiger partial charge >= 0.3 is 5.69 Å². The smallest absolute Gasteiger partial charge is 0.311 e. The fourth-order valence-corrected chi connectivity index (χ4v) is 1.88. The van der Waals surface area contributed by atoms with Crippen LogP contribution in [0.2, 0.25) is 0 Å². The number of halogens is 1. The maximum atomic E-state index is 13.1. The predicted molar refractivity (Wildman–Crippen MR) is 72.3 cm³/mol. The van der Waals surface area contributed by atoms with E-state index in [4.69, 9.17) is 10.5 Å². The summed E-state index contributed by atoms with van der Waals surface area (Å²) in [7, 11) is 0. The van der Waals surface area contributed by atoms with Gasteiger partial charge in [-0.1, -0.05) is 0 Å². The Labute approximate surface area is 120 Å². The highest BCUT2D eigenvalue weighted by Crippen LogP contribution is 2.27. The van der Waals surface area contributed by atoms with E-state index in [2.05, 4.69) is 5.32 Å². The van der Waals surface area contributed by atoms with Crippen LogP contribution >= 0.6 is 0 Å². The molecular weight excluding hydrogens is 281 g/mol. The third-order valence-corrected chi connectivity index (χ3v) is 3.14. The Morgan fingerprint density at radius 3 is 2.86 bits per heavy atom. The molecule has 1 atom stereocenters. The minimum Gasteiger partial charge on any atom is -0.487 e. The molecule has 1 aromatic carbocycles. The second-order valence-electron chi connectivity index (χ2n) is 4.90. The average Bonchev–Trinajstić information content (AvgIpc) is 3.21. The molecule has 8 heteroatoms. The quantitative estimate of drug-likeness (QED) is 0.552. The molecule has 3 N–H and O–H groups in total. The lowest BCUT2D eigenvalue weighted by molar-refractivity contribution is -0.385. The molecule has 0 radical (unpaired) electrons. The lowest BCUT2D eigenvalue weighted by Gasteiger charge is -2.15. The van der Waals surface area contributed by atoms with E-state index in [1.165, 1.54) is 0 Å². The number of hydrogen-bond acceptors (Lipinski definition) is 5. The Hall–Kier alpha value is -2.22. The number of nitrogens with zero attached hydrogens (tertiary/aromatic N) is 1. The first-order valence-corrected chi connectivity index (χ1v) is 6.59. The number of rotatable bonds is 8. The first kappa shape index (κ1) is 15.2. The summed E-state index contributed by atoms with van der Waals surface area (Å²) in [6.45, 7) is 0.0254. The molecule has 0 saturated heterocycles. The number of amides is 1. The van der Waals surface area contributed by atoms with Gasteiger partial charge in [-0.25, -0.2) is 4.39 Å². The molecule has 0 heterocycles. The molecule has 0 aliphatic heterocycles. The Morgan fingerprint density at radius 1 is 1.57 bits per heavy atom. The van der Waals surface area contributed by atoms with Crippen LogP contribution in [0, 0.1) is 15.9 Å². The van der Waals surface area contributed by atoms with Gasteiger partial charge < -0.3 is 15.8 Å². The van der Waals surface area contributed by atoms with E-state index in [1.54, 1.807) is 0 Å². The molecule has 21 heavy (non-hydrogen) atoms. The highest BCUT2D eigenvalue weighted by atomic mass is 19.1. The van der Waals surface area contributed by atoms with Gasteiger partial charge in [-0.15, -0.1) is 0 Å². The summed E-state index contributed by atoms with van der Waals surface area (Å²) >= 11 is 0. The summed E-state index contributed by atoms with van der Waals surface area (Å²) in [5.74, 6) is -1.29. The lowest BCUT2D eigenvalue weighted by atomic mass is 10.2. The SMILES string of the molecule is NC(=O)C(CCOc1cc(F)ccc1[N+](=O)[O-])NC1CC1. The van der Waals surface area contributed by atoms with Crippen LogP contribution in [0.25, 0.3) is 0 Å². The number of hydrogen-bond donors (Lipinski definition) is 2. The van der Waals surface area contributed by atoms with Crippen molar-refractivity contribution in [3.05, 3.63) is 34.1 Å². The number of ether oxygens (including phenoxy) is 1. The molecule has 1 aliphatic rings. The van der Waals surface area contributed by atoms with Gasteiger partial charge in [0.05, 0.1) is 17.6 Å². The normalized spacial score (nSPS) is 15.5. The molecule has 114 valence electrons. The maximum absolute atomic E-state index is 13.1. The van der Waals surface area contributed by atoms with Crippen LogP contribution in [0.15, 0.2) is 18.2 Å². The first-order chi connectivity index (χ1) is 9.97. The minimum atomic E-state index is -0.650. The highest BCUT2D eigenvalue weighted by molar-refractivity contribution is 5.79. The number of benzene rings is 1. The van der Waals surface area contributed by atoms with E-state index in [9.17, 15) is 19.3 Å². The van der Waals surface area contributed by atoms with Gasteiger partial charge in [-0.3, -0.25) is 14.9 Å². The van der Waals surface area contributed by atoms with Gasteiger partial charge in [-0.05, 0) is 18.9 Å². The van der Waals surface area contributed by atoms with Crippen molar-refractivity contribution in [1.82, 2.24) is 5.32 Å². The molecule has 1 saturated carbocycles. The molecule has 2 rings (SSSR count). The third-order valence-electron chi connectivity index (χ3n) is 3.14. The summed E-state index contributed by atoms with van der Waals surface area (Å²) in [4.78, 5) is 21.4. The molecular formula is C13H16FN3O4. The Bertz CT molecular complexity index is 548. The van der Waals surface area contributed by atoms with E-state index < -0.39 is 22.7 Å². The number of primary amides is 1. The molecule has 1 aromatic rings. The highest BCUT2D eigenvalue weighted by Gasteiger charge is 2.27. The molecule has 1 amide bonds. The van der Waals surface area contributed by atoms with Crippen molar-refractivity contribution < 1.29 is 18.8 Å². The van der Waals surface area contributed by atoms with Crippen LogP contribution in [-0.2, 0) is 4.79 Å². The maximum Gasteiger partial charge on any atom is 0.311 e. The van der Waals surface area contributed by atoms with Crippen molar-refractivity contribution in [2.45, 2.75) is 31.3 Å². The van der Waals surface area contributed by atoms with Crippen molar-refractivity contribution >= 4 is 11.6 Å². The van der Waals surface area contributed by atoms with E-state index in [0.717, 1.165) is 31.0 Å². The molecule has 0 bridgehead atoms. The number of carbonyl (C=O) groups excluding carboxylic acids is 1. The second-order valence-corrected chi connectivity index (χ2v) is 4.90. The molecule has 1 fully saturated rings. The largest absolute Gasteiger partial charge is 0.487 e. The fourth-order valence-electron chi connectivity index (χ4n) is 1.88. The van der Waals surface area contributed by atoms with Crippen molar-refractivity contribution in [3.8, 4) is 5.75 Å². The van der Waals surface area contributed by atoms with Crippen molar-refractivity contribution in [2.75, 3.05) is 6.61 Å². The van der Waals surface area contributed by atoms with Gasteiger partial charge in [0.25, 0.3) is 0 Å². The number of carbonyl (C=O) groups is 1. The summed E-state index contributed by atoms with van der Waals surface area (Å²) < 4.78 is 18.3. The van der Waals surface area contributed by atoms with E-state index >= 15 is 0 Å². The van der Waals surface area contributed by atoms with Gasteiger partial charge in [0.1, 0.15) is 5.82 Å². The standard InChI is InChI=1S/C13H16FN3O4/c14-8-1-4-11(17(19)20)12(7-8)21-6-5-10(13(15)18)16-9-2-3-9/h1,4,7,9-10,16H,2-3,5-6H2,(H2,15,18). The molecule has 1 unspecified atom stereocenters. The molecule has 1 aliphatic carbocycles. The second kappa shape index (κ2) is 6.49. The van der Waals surface area contributed by atoms with Crippen LogP contribution in [0.5, 0.6) is 5.75 Å². The number of nitro groups is 1. The van der Waals surface area contributed by atoms with Crippen LogP contribution in [0.4, 0.5) is 10.1 Å². The van der Waals surface area contributed by atoms with Gasteiger partial charge in [0.2, 0.25) is 5.91 Å². The molecule has 0 aromatic heterocycles. The summed E-state index contributed by atoms with van der Waals surface area (Å²) in [6, 6.07) is 2.73. The Balaban J connectivity index is 1.93. The van der Waals surface area contributed by atoms with Crippen LogP contribution in [0.1, 0.15) is 19.3 Å². The van der Waals surface area contributed by atoms with Crippen LogP contribution in [0.3, 0.4) is 0 Å². The lowest BCUT2D eigenvalue weighted by Crippen LogP contribution is -2.43. The number of nitro benzene ring substituents is 1. The van der Waals surface area contributed by atoms with Gasteiger partial charge in [0, 0.05) is 24.6 Å². The third kappa shape index (κ3) is 4.38. The predicted octanol–water partition coefficient (Wildman–Crippen LogP) is 1.11. The van der Waals surface area contributed by atoms with Gasteiger partial charge in [0.15, 0.2) is 5.75 Å². The van der Waals surface area contributed by atoms with E-state index in [-0.39, 0.29) is 24.5 Å². The first-order valence-electron chi connectivity index (χ1n) is 6.59. The number of nitrogens with one attached hydrogen (secondary N) is 1. The molecule has 7 nitrogen and oxygen atoms in total. The van der Waals surface area contributed by atoms with Crippen molar-refractivity contribution in [3.63, 3.8) is 0 Å². The van der Waals surface area contributed by atoms with Gasteiger partial charge in [-0.2, -0.15) is 0 Å². The van der Waals surface area contributed by atoms with E-state index in [0.29, 0.717) is 6.04 Å². The van der Waals surface area contributed by atoms with Crippen molar-refractivity contribution in [1.29, 1.82) is 0 Å². The van der Waals surface area contributed by atoms with Crippen LogP contribution < -0.4 is 15.8 Å². The summed E-state index contributed by atoms with van der Waals surface area (Å²) in [5, 5.41) is 13.9. The monoisotopic (exact) mass is 297 g/mol. The number of nitrogens with two attached hydrogens (primary N) is 1. The summed E-state index contributed by atoms with van der Waals surface area (Å²) in [5.41, 5.74) is 4.95. The summed E-state index contributed by atoms with van der Waals surface area (Å²) in [6.07, 6.45) is 2.26. The van der Waals surface area contributed by atoms with Crippen LogP contribution in [-0.4, -0.2) is 29.5 Å². The van der Waals surface area contributed by atoms with Crippen molar-refractivity contribution in [2.24, 2.45) is 5.73 Å². The Morgan fingerprint density at radius 2 is 2.29 bits per heavy atom. The zero-order valence-electron chi connectivity index (χ0n) is 11.3. The fraction of sp³-hybridized carbons (Fsp3) is 0.462. The zero-order valence-corrected chi connectivity index (χ0v) is 11.3. The van der Waals surface area contributed by atoms with E-state index in [1.807, 2.05) is 0 Å². The minimum absolute atomic E-state index is 0.0254. The Kier molecular flexibility index (Phi) is 4.69. The topological polar surface area (TPSA) is 107 Å². The zero-order chi connectivity index (χ0) is 15.4. The average molecular weight is 297 g/mol. The molecule has 0 spiro atoms.